The fourth-order valence-electron chi connectivity index (χ4n) is 3.96. The van der Waals surface area contributed by atoms with Crippen LogP contribution in [0.25, 0.3) is 0 Å². The molecule has 0 spiro atoms. The molecule has 9 nitrogen and oxygen atoms in total. The first kappa shape index (κ1) is 35.3. The maximum atomic E-state index is 13.3. The number of carbonyl (C=O) groups excluding carboxylic acids is 3. The van der Waals surface area contributed by atoms with Crippen molar-refractivity contribution in [3.63, 3.8) is 0 Å². The van der Waals surface area contributed by atoms with Crippen molar-refractivity contribution >= 4 is 39.7 Å². The van der Waals surface area contributed by atoms with Gasteiger partial charge in [0.15, 0.2) is 0 Å². The Bertz CT molecular complexity index is 1800. The van der Waals surface area contributed by atoms with E-state index >= 15 is 0 Å². The second-order valence-corrected chi connectivity index (χ2v) is 12.0. The number of halogens is 3. The Balaban J connectivity index is 0.00000107. The summed E-state index contributed by atoms with van der Waals surface area (Å²) in [4.78, 5) is 37.2. The molecule has 13 heteroatoms. The number of rotatable bonds is 9. The Labute approximate surface area is 265 Å². The summed E-state index contributed by atoms with van der Waals surface area (Å²) >= 11 is 0. The number of nitrogens with zero attached hydrogens (tertiary/aromatic N) is 1. The van der Waals surface area contributed by atoms with E-state index in [0.29, 0.717) is 11.3 Å². The predicted molar refractivity (Wildman–Crippen MR) is 168 cm³/mol. The summed E-state index contributed by atoms with van der Waals surface area (Å²) in [6.07, 6.45) is -5.42. The number of anilines is 2. The van der Waals surface area contributed by atoms with Crippen LogP contribution in [-0.2, 0) is 30.5 Å². The molecule has 2 amide bonds. The van der Waals surface area contributed by atoms with E-state index in [9.17, 15) is 36.0 Å². The Kier molecular flexibility index (Phi) is 11.7. The van der Waals surface area contributed by atoms with Crippen LogP contribution in [0.2, 0.25) is 0 Å². The van der Waals surface area contributed by atoms with Gasteiger partial charge in [0.1, 0.15) is 0 Å². The van der Waals surface area contributed by atoms with Crippen LogP contribution in [0.1, 0.15) is 38.7 Å². The van der Waals surface area contributed by atoms with Crippen LogP contribution < -0.4 is 10.0 Å². The molecule has 0 fully saturated rings. The van der Waals surface area contributed by atoms with E-state index < -0.39 is 39.7 Å². The first-order valence-corrected chi connectivity index (χ1v) is 15.1. The maximum Gasteiger partial charge on any atom is 0.416 e. The molecule has 1 unspecified atom stereocenters. The molecule has 0 aliphatic carbocycles. The predicted octanol–water partition coefficient (Wildman–Crippen LogP) is 6.36. The Morgan fingerprint density at radius 2 is 1.48 bits per heavy atom. The SMILES string of the molecule is CN(C)C=O.Cc1cccc(NS(=O)(=O)c2ccc(C)c(C(=O)OC(C(=O)Nc3cccc(C(F)(F)F)c3)c3ccccc3)c2)c1. The maximum absolute atomic E-state index is 13.3. The third kappa shape index (κ3) is 9.92. The molecule has 1 atom stereocenters. The molecule has 0 bridgehead atoms. The van der Waals surface area contributed by atoms with Crippen LogP contribution in [0.3, 0.4) is 0 Å². The molecule has 46 heavy (non-hydrogen) atoms. The number of amides is 2. The van der Waals surface area contributed by atoms with E-state index in [-0.39, 0.29) is 21.7 Å². The van der Waals surface area contributed by atoms with Gasteiger partial charge in [0.05, 0.1) is 16.0 Å². The molecule has 0 saturated carbocycles. The van der Waals surface area contributed by atoms with Gasteiger partial charge in [-0.2, -0.15) is 13.2 Å². The van der Waals surface area contributed by atoms with E-state index in [1.54, 1.807) is 57.4 Å². The zero-order chi connectivity index (χ0) is 34.1. The lowest BCUT2D eigenvalue weighted by Gasteiger charge is -2.19. The van der Waals surface area contributed by atoms with Crippen LogP contribution in [0.4, 0.5) is 24.5 Å². The van der Waals surface area contributed by atoms with Gasteiger partial charge in [-0.1, -0.05) is 54.6 Å². The summed E-state index contributed by atoms with van der Waals surface area (Å²) < 4.78 is 73.6. The molecule has 2 N–H and O–H groups in total. The summed E-state index contributed by atoms with van der Waals surface area (Å²) in [6.45, 7) is 3.38. The van der Waals surface area contributed by atoms with Crippen molar-refractivity contribution in [3.05, 3.63) is 125 Å². The number of nitrogens with one attached hydrogen (secondary N) is 2. The number of alkyl halides is 3. The number of esters is 1. The van der Waals surface area contributed by atoms with Gasteiger partial charge in [0.2, 0.25) is 12.5 Å². The number of benzene rings is 4. The second-order valence-electron chi connectivity index (χ2n) is 10.3. The first-order chi connectivity index (χ1) is 21.6. The minimum Gasteiger partial charge on any atom is -0.444 e. The lowest BCUT2D eigenvalue weighted by atomic mass is 10.1. The lowest BCUT2D eigenvalue weighted by molar-refractivity contribution is -0.137. The van der Waals surface area contributed by atoms with Gasteiger partial charge >= 0.3 is 12.1 Å². The van der Waals surface area contributed by atoms with Crippen molar-refractivity contribution < 1.29 is 40.7 Å². The summed E-state index contributed by atoms with van der Waals surface area (Å²) in [7, 11) is -0.711. The molecule has 4 aromatic rings. The lowest BCUT2D eigenvalue weighted by Crippen LogP contribution is -2.26. The van der Waals surface area contributed by atoms with Gasteiger partial charge < -0.3 is 15.0 Å². The van der Waals surface area contributed by atoms with E-state index in [1.165, 1.54) is 35.2 Å². The third-order valence-corrected chi connectivity index (χ3v) is 7.62. The minimum atomic E-state index is -4.62. The topological polar surface area (TPSA) is 122 Å². The number of aryl methyl sites for hydroxylation is 2. The number of sulfonamides is 1. The Hall–Kier alpha value is -5.17. The van der Waals surface area contributed by atoms with Gasteiger partial charge in [-0.3, -0.25) is 14.3 Å². The van der Waals surface area contributed by atoms with E-state index in [2.05, 4.69) is 10.0 Å². The quantitative estimate of drug-likeness (QED) is 0.160. The highest BCUT2D eigenvalue weighted by atomic mass is 32.2. The van der Waals surface area contributed by atoms with E-state index in [0.717, 1.165) is 36.2 Å². The van der Waals surface area contributed by atoms with Gasteiger partial charge in [0.25, 0.3) is 15.9 Å². The van der Waals surface area contributed by atoms with Crippen molar-refractivity contribution in [2.75, 3.05) is 24.1 Å². The normalized spacial score (nSPS) is 11.7. The molecule has 0 heterocycles. The average molecular weight is 656 g/mol. The molecule has 0 saturated heterocycles. The van der Waals surface area contributed by atoms with Crippen molar-refractivity contribution in [2.45, 2.75) is 31.0 Å². The summed E-state index contributed by atoms with van der Waals surface area (Å²) in [5.41, 5.74) is 0.607. The number of hydrogen-bond acceptors (Lipinski definition) is 6. The van der Waals surface area contributed by atoms with Crippen LogP contribution in [0.15, 0.2) is 102 Å². The Morgan fingerprint density at radius 1 is 0.848 bits per heavy atom. The molecular formula is C33H32F3N3O6S. The zero-order valence-corrected chi connectivity index (χ0v) is 26.1. The molecule has 0 aromatic heterocycles. The third-order valence-electron chi connectivity index (χ3n) is 6.24. The summed E-state index contributed by atoms with van der Waals surface area (Å²) in [5.74, 6) is -1.89. The largest absolute Gasteiger partial charge is 0.444 e. The van der Waals surface area contributed by atoms with Crippen molar-refractivity contribution in [1.29, 1.82) is 0 Å². The van der Waals surface area contributed by atoms with Crippen LogP contribution >= 0.6 is 0 Å². The summed E-state index contributed by atoms with van der Waals surface area (Å²) in [5, 5.41) is 2.37. The number of hydrogen-bond donors (Lipinski definition) is 2. The van der Waals surface area contributed by atoms with Crippen molar-refractivity contribution in [3.8, 4) is 0 Å². The van der Waals surface area contributed by atoms with E-state index in [4.69, 9.17) is 4.74 Å². The van der Waals surface area contributed by atoms with Crippen molar-refractivity contribution in [2.24, 2.45) is 0 Å². The smallest absolute Gasteiger partial charge is 0.416 e. The molecular weight excluding hydrogens is 623 g/mol. The monoisotopic (exact) mass is 655 g/mol. The number of carbonyl (C=O) groups is 3. The zero-order valence-electron chi connectivity index (χ0n) is 25.3. The average Bonchev–Trinajstić information content (AvgIpc) is 3.00. The fourth-order valence-corrected chi connectivity index (χ4v) is 5.04. The standard InChI is InChI=1S/C30H25F3N2O5S.C3H7NO/c1-19-8-6-13-24(16-19)35-41(38,39)25-15-14-20(2)26(18-25)29(37)40-27(21-9-4-3-5-10-21)28(36)34-23-12-7-11-22(17-23)30(31,32)33;1-4(2)3-5/h3-18,27,35H,1-2H3,(H,34,36);3H,1-2H3. The van der Waals surface area contributed by atoms with Crippen molar-refractivity contribution in [1.82, 2.24) is 4.90 Å². The van der Waals surface area contributed by atoms with Crippen LogP contribution in [-0.4, -0.2) is 45.7 Å². The highest BCUT2D eigenvalue weighted by molar-refractivity contribution is 7.92. The van der Waals surface area contributed by atoms with Gasteiger partial charge in [0, 0.05) is 31.0 Å². The van der Waals surface area contributed by atoms with Gasteiger partial charge in [-0.05, 0) is 67.4 Å². The minimum absolute atomic E-state index is 0.107. The van der Waals surface area contributed by atoms with Gasteiger partial charge in [-0.25, -0.2) is 13.2 Å². The molecule has 0 aliphatic heterocycles. The number of ether oxygens (including phenoxy) is 1. The molecule has 4 aromatic carbocycles. The van der Waals surface area contributed by atoms with E-state index in [1.807, 2.05) is 13.0 Å². The summed E-state index contributed by atoms with van der Waals surface area (Å²) in [6, 6.07) is 22.6. The highest BCUT2D eigenvalue weighted by Gasteiger charge is 2.31. The second kappa shape index (κ2) is 15.2. The molecule has 0 aliphatic rings. The van der Waals surface area contributed by atoms with Crippen LogP contribution in [0, 0.1) is 13.8 Å². The highest BCUT2D eigenvalue weighted by Crippen LogP contribution is 2.31. The molecule has 242 valence electrons. The Morgan fingerprint density at radius 3 is 2.09 bits per heavy atom. The first-order valence-electron chi connectivity index (χ1n) is 13.7. The van der Waals surface area contributed by atoms with Crippen LogP contribution in [0.5, 0.6) is 0 Å². The fraction of sp³-hybridized carbons (Fsp3) is 0.182. The molecule has 4 rings (SSSR count). The molecule has 0 radical (unpaired) electrons. The van der Waals surface area contributed by atoms with Gasteiger partial charge in [-0.15, -0.1) is 0 Å².